The van der Waals surface area contributed by atoms with E-state index in [0.717, 1.165) is 0 Å². The van der Waals surface area contributed by atoms with Crippen LogP contribution >= 0.6 is 0 Å². The molecule has 1 aromatic carbocycles. The second kappa shape index (κ2) is 5.34. The van der Waals surface area contributed by atoms with Crippen molar-refractivity contribution in [2.45, 2.75) is 20.0 Å². The van der Waals surface area contributed by atoms with Crippen LogP contribution in [-0.2, 0) is 4.74 Å². The lowest BCUT2D eigenvalue weighted by Gasteiger charge is -2.21. The molecule has 0 aliphatic carbocycles. The number of ether oxygens (including phenoxy) is 1. The summed E-state index contributed by atoms with van der Waals surface area (Å²) in [6, 6.07) is 6.96. The molecule has 17 heavy (non-hydrogen) atoms. The molecule has 0 saturated carbocycles. The van der Waals surface area contributed by atoms with Gasteiger partial charge in [0.25, 0.3) is 0 Å². The Kier molecular flexibility index (Phi) is 4.09. The van der Waals surface area contributed by atoms with Gasteiger partial charge in [-0.05, 0) is 26.0 Å². The molecular formula is C12H17N3O2. The quantitative estimate of drug-likeness (QED) is 0.620. The molecule has 92 valence electrons. The Morgan fingerprint density at radius 2 is 2.00 bits per heavy atom. The molecule has 0 radical (unpaired) electrons. The van der Waals surface area contributed by atoms with Crippen LogP contribution in [0, 0.1) is 5.41 Å². The summed E-state index contributed by atoms with van der Waals surface area (Å²) in [5.74, 6) is -0.0789. The van der Waals surface area contributed by atoms with Gasteiger partial charge in [-0.3, -0.25) is 10.3 Å². The highest BCUT2D eigenvalue weighted by Crippen LogP contribution is 2.19. The number of nitrogen functional groups attached to an aromatic ring is 1. The first kappa shape index (κ1) is 13.0. The van der Waals surface area contributed by atoms with Crippen LogP contribution in [0.2, 0.25) is 0 Å². The maximum atomic E-state index is 11.7. The van der Waals surface area contributed by atoms with Crippen LogP contribution in [0.3, 0.4) is 0 Å². The third-order valence-corrected chi connectivity index (χ3v) is 2.17. The molecule has 0 unspecified atom stereocenters. The molecule has 5 nitrogen and oxygen atoms in total. The van der Waals surface area contributed by atoms with E-state index in [-0.39, 0.29) is 11.9 Å². The number of nitrogens with zero attached hydrogens (tertiary/aromatic N) is 1. The first-order chi connectivity index (χ1) is 7.93. The van der Waals surface area contributed by atoms with E-state index in [9.17, 15) is 4.79 Å². The van der Waals surface area contributed by atoms with Crippen LogP contribution in [-0.4, -0.2) is 25.1 Å². The predicted molar refractivity (Wildman–Crippen MR) is 67.5 cm³/mol. The Hall–Kier alpha value is -2.04. The zero-order chi connectivity index (χ0) is 13.0. The minimum Gasteiger partial charge on any atom is -0.446 e. The number of nitrogens with two attached hydrogens (primary N) is 1. The van der Waals surface area contributed by atoms with E-state index in [2.05, 4.69) is 0 Å². The van der Waals surface area contributed by atoms with Crippen LogP contribution < -0.4 is 10.6 Å². The topological polar surface area (TPSA) is 79.4 Å². The second-order valence-electron chi connectivity index (χ2n) is 3.92. The maximum absolute atomic E-state index is 11.7. The van der Waals surface area contributed by atoms with Crippen molar-refractivity contribution in [3.05, 3.63) is 29.8 Å². The maximum Gasteiger partial charge on any atom is 0.414 e. The van der Waals surface area contributed by atoms with E-state index in [1.807, 2.05) is 0 Å². The number of benzene rings is 1. The highest BCUT2D eigenvalue weighted by atomic mass is 16.6. The van der Waals surface area contributed by atoms with Crippen molar-refractivity contribution in [2.75, 3.05) is 11.9 Å². The summed E-state index contributed by atoms with van der Waals surface area (Å²) < 4.78 is 5.08. The summed E-state index contributed by atoms with van der Waals surface area (Å²) in [5, 5.41) is 7.45. The molecule has 0 atom stereocenters. The van der Waals surface area contributed by atoms with Gasteiger partial charge in [0.15, 0.2) is 0 Å². The molecule has 3 N–H and O–H groups in total. The van der Waals surface area contributed by atoms with E-state index in [1.165, 1.54) is 4.90 Å². The minimum atomic E-state index is -0.464. The number of amides is 1. The van der Waals surface area contributed by atoms with E-state index >= 15 is 0 Å². The van der Waals surface area contributed by atoms with Crippen molar-refractivity contribution in [2.24, 2.45) is 5.73 Å². The van der Waals surface area contributed by atoms with Gasteiger partial charge in [0.2, 0.25) is 0 Å². The summed E-state index contributed by atoms with van der Waals surface area (Å²) in [6.45, 7) is 3.56. The average molecular weight is 235 g/mol. The van der Waals surface area contributed by atoms with Crippen LogP contribution in [0.1, 0.15) is 19.4 Å². The summed E-state index contributed by atoms with van der Waals surface area (Å²) in [5.41, 5.74) is 6.53. The third-order valence-electron chi connectivity index (χ3n) is 2.17. The predicted octanol–water partition coefficient (Wildman–Crippen LogP) is 1.95. The molecule has 0 aliphatic heterocycles. The molecule has 0 aliphatic rings. The smallest absolute Gasteiger partial charge is 0.414 e. The lowest BCUT2D eigenvalue weighted by atomic mass is 10.1. The molecule has 1 rings (SSSR count). The van der Waals surface area contributed by atoms with E-state index < -0.39 is 6.09 Å². The fourth-order valence-corrected chi connectivity index (χ4v) is 1.37. The normalized spacial score (nSPS) is 10.1. The number of hydrogen-bond donors (Lipinski definition) is 2. The van der Waals surface area contributed by atoms with Gasteiger partial charge >= 0.3 is 6.09 Å². The largest absolute Gasteiger partial charge is 0.446 e. The van der Waals surface area contributed by atoms with Gasteiger partial charge < -0.3 is 10.5 Å². The molecule has 0 saturated heterocycles. The number of anilines is 1. The molecule has 0 heterocycles. The second-order valence-corrected chi connectivity index (χ2v) is 3.92. The summed E-state index contributed by atoms with van der Waals surface area (Å²) in [7, 11) is 1.59. The van der Waals surface area contributed by atoms with Crippen LogP contribution in [0.25, 0.3) is 0 Å². The van der Waals surface area contributed by atoms with Crippen molar-refractivity contribution < 1.29 is 9.53 Å². The Morgan fingerprint density at radius 3 is 2.53 bits per heavy atom. The number of rotatable bonds is 3. The SMILES string of the molecule is CC(C)OC(=O)N(C)c1ccccc1C(=N)N. The average Bonchev–Trinajstić information content (AvgIpc) is 2.27. The molecule has 0 fully saturated rings. The van der Waals surface area contributed by atoms with Crippen LogP contribution in [0.4, 0.5) is 10.5 Å². The van der Waals surface area contributed by atoms with Gasteiger partial charge in [-0.1, -0.05) is 12.1 Å². The number of carbonyl (C=O) groups is 1. The molecule has 1 aromatic rings. The van der Waals surface area contributed by atoms with Gasteiger partial charge in [0.1, 0.15) is 5.84 Å². The zero-order valence-corrected chi connectivity index (χ0v) is 10.2. The fraction of sp³-hybridized carbons (Fsp3) is 0.333. The monoisotopic (exact) mass is 235 g/mol. The number of hydrogen-bond acceptors (Lipinski definition) is 3. The van der Waals surface area contributed by atoms with Gasteiger partial charge in [0.05, 0.1) is 11.8 Å². The first-order valence-electron chi connectivity index (χ1n) is 5.31. The highest BCUT2D eigenvalue weighted by molar-refractivity contribution is 6.03. The van der Waals surface area contributed by atoms with Crippen molar-refractivity contribution in [1.29, 1.82) is 5.41 Å². The van der Waals surface area contributed by atoms with Crippen molar-refractivity contribution >= 4 is 17.6 Å². The summed E-state index contributed by atoms with van der Waals surface area (Å²) in [4.78, 5) is 13.1. The van der Waals surface area contributed by atoms with Gasteiger partial charge in [0, 0.05) is 12.6 Å². The van der Waals surface area contributed by atoms with Gasteiger partial charge in [-0.15, -0.1) is 0 Å². The summed E-state index contributed by atoms with van der Waals surface area (Å²) >= 11 is 0. The Bertz CT molecular complexity index is 430. The minimum absolute atomic E-state index is 0.0789. The molecule has 0 bridgehead atoms. The van der Waals surface area contributed by atoms with Crippen molar-refractivity contribution in [1.82, 2.24) is 0 Å². The fourth-order valence-electron chi connectivity index (χ4n) is 1.37. The zero-order valence-electron chi connectivity index (χ0n) is 10.2. The number of nitrogens with one attached hydrogen (secondary N) is 1. The molecular weight excluding hydrogens is 218 g/mol. The number of para-hydroxylation sites is 1. The van der Waals surface area contributed by atoms with E-state index in [0.29, 0.717) is 11.3 Å². The van der Waals surface area contributed by atoms with Crippen LogP contribution in [0.15, 0.2) is 24.3 Å². The molecule has 0 aromatic heterocycles. The lowest BCUT2D eigenvalue weighted by molar-refractivity contribution is 0.124. The Morgan fingerprint density at radius 1 is 1.41 bits per heavy atom. The standard InChI is InChI=1S/C12H17N3O2/c1-8(2)17-12(16)15(3)10-7-5-4-6-9(10)11(13)14/h4-8H,1-3H3,(H3,13,14). The molecule has 5 heteroatoms. The summed E-state index contributed by atoms with van der Waals surface area (Å²) in [6.07, 6.45) is -0.650. The highest BCUT2D eigenvalue weighted by Gasteiger charge is 2.17. The van der Waals surface area contributed by atoms with Gasteiger partial charge in [-0.25, -0.2) is 4.79 Å². The third kappa shape index (κ3) is 3.21. The molecule has 1 amide bonds. The number of amidine groups is 1. The molecule has 0 spiro atoms. The Balaban J connectivity index is 2.99. The van der Waals surface area contributed by atoms with Gasteiger partial charge in [-0.2, -0.15) is 0 Å². The Labute approximate surface area is 101 Å². The number of carbonyl (C=O) groups excluding carboxylic acids is 1. The van der Waals surface area contributed by atoms with E-state index in [1.54, 1.807) is 45.2 Å². The first-order valence-corrected chi connectivity index (χ1v) is 5.31. The van der Waals surface area contributed by atoms with Crippen molar-refractivity contribution in [3.8, 4) is 0 Å². The van der Waals surface area contributed by atoms with E-state index in [4.69, 9.17) is 15.9 Å². The van der Waals surface area contributed by atoms with Crippen LogP contribution in [0.5, 0.6) is 0 Å². The lowest BCUT2D eigenvalue weighted by Crippen LogP contribution is -2.31. The van der Waals surface area contributed by atoms with Crippen molar-refractivity contribution in [3.63, 3.8) is 0 Å².